The molecule has 1 amide bonds. The molecular formula is C24H33F3N2O7. The lowest BCUT2D eigenvalue weighted by atomic mass is 9.99. The molecule has 3 fully saturated rings. The second-order valence-corrected chi connectivity index (χ2v) is 9.21. The number of halogens is 3. The average Bonchev–Trinajstić information content (AvgIpc) is 3.33. The van der Waals surface area contributed by atoms with Gasteiger partial charge in [0.25, 0.3) is 0 Å². The largest absolute Gasteiger partial charge is 0.504 e. The van der Waals surface area contributed by atoms with E-state index in [-0.39, 0.29) is 23.4 Å². The molecule has 3 aliphatic rings. The number of hydrogen-bond donors (Lipinski definition) is 2. The molecule has 0 aromatic heterocycles. The number of nitrogens with zero attached hydrogens (tertiary/aromatic N) is 2. The van der Waals surface area contributed by atoms with Crippen molar-refractivity contribution in [2.75, 3.05) is 46.0 Å². The van der Waals surface area contributed by atoms with E-state index in [0.717, 1.165) is 51.0 Å². The first-order valence-corrected chi connectivity index (χ1v) is 12.0. The Morgan fingerprint density at radius 2 is 2.06 bits per heavy atom. The molecule has 0 aliphatic carbocycles. The smallest absolute Gasteiger partial charge is 0.490 e. The number of amides is 1. The van der Waals surface area contributed by atoms with E-state index in [0.29, 0.717) is 38.5 Å². The summed E-state index contributed by atoms with van der Waals surface area (Å²) >= 11 is 0. The van der Waals surface area contributed by atoms with Crippen molar-refractivity contribution in [2.24, 2.45) is 0 Å². The summed E-state index contributed by atoms with van der Waals surface area (Å²) in [5.74, 6) is -1.80. The third kappa shape index (κ3) is 7.71. The van der Waals surface area contributed by atoms with Gasteiger partial charge in [0.1, 0.15) is 5.60 Å². The van der Waals surface area contributed by atoms with Crippen molar-refractivity contribution in [3.8, 4) is 11.5 Å². The fourth-order valence-electron chi connectivity index (χ4n) is 4.69. The SMILES string of the molecule is CCOc1cc(CN2CCOCC3(CCC(CN4CCCC4=O)O3)C2)ccc1O.O=C(O)C(F)(F)F. The summed E-state index contributed by atoms with van der Waals surface area (Å²) in [7, 11) is 0. The molecule has 1 aromatic rings. The number of likely N-dealkylation sites (tertiary alicyclic amines) is 1. The normalized spacial score (nSPS) is 24.9. The molecule has 202 valence electrons. The van der Waals surface area contributed by atoms with Crippen LogP contribution in [0.1, 0.15) is 38.2 Å². The van der Waals surface area contributed by atoms with Gasteiger partial charge in [-0.2, -0.15) is 13.2 Å². The minimum absolute atomic E-state index is 0.0961. The number of phenols is 1. The summed E-state index contributed by atoms with van der Waals surface area (Å²) in [4.78, 5) is 25.2. The number of aliphatic carboxylic acids is 1. The maximum absolute atomic E-state index is 11.9. The lowest BCUT2D eigenvalue weighted by Crippen LogP contribution is -2.45. The highest BCUT2D eigenvalue weighted by atomic mass is 19.4. The van der Waals surface area contributed by atoms with Crippen molar-refractivity contribution in [1.82, 2.24) is 9.80 Å². The van der Waals surface area contributed by atoms with Gasteiger partial charge in [0.15, 0.2) is 11.5 Å². The molecule has 3 aliphatic heterocycles. The Bertz CT molecular complexity index is 914. The topological polar surface area (TPSA) is 109 Å². The van der Waals surface area contributed by atoms with Gasteiger partial charge in [-0.15, -0.1) is 0 Å². The molecule has 2 N–H and O–H groups in total. The summed E-state index contributed by atoms with van der Waals surface area (Å²) in [5, 5.41) is 17.1. The number of aromatic hydroxyl groups is 1. The Hall–Kier alpha value is -2.57. The first-order chi connectivity index (χ1) is 17.0. The van der Waals surface area contributed by atoms with Crippen LogP contribution in [0.5, 0.6) is 11.5 Å². The predicted octanol–water partition coefficient (Wildman–Crippen LogP) is 2.80. The van der Waals surface area contributed by atoms with Gasteiger partial charge in [-0.3, -0.25) is 9.69 Å². The summed E-state index contributed by atoms with van der Waals surface area (Å²) < 4.78 is 49.7. The van der Waals surface area contributed by atoms with Gasteiger partial charge in [-0.05, 0) is 43.9 Å². The third-order valence-electron chi connectivity index (χ3n) is 6.34. The molecule has 12 heteroatoms. The second kappa shape index (κ2) is 12.1. The molecule has 3 heterocycles. The maximum Gasteiger partial charge on any atom is 0.490 e. The molecule has 0 bridgehead atoms. The fraction of sp³-hybridized carbons (Fsp3) is 0.667. The quantitative estimate of drug-likeness (QED) is 0.592. The van der Waals surface area contributed by atoms with Gasteiger partial charge in [0.05, 0.1) is 25.9 Å². The zero-order valence-electron chi connectivity index (χ0n) is 20.3. The van der Waals surface area contributed by atoms with Crippen LogP contribution in [0.2, 0.25) is 0 Å². The predicted molar refractivity (Wildman–Crippen MR) is 122 cm³/mol. The van der Waals surface area contributed by atoms with Gasteiger partial charge in [0.2, 0.25) is 5.91 Å². The van der Waals surface area contributed by atoms with Crippen LogP contribution in [-0.4, -0.2) is 95.8 Å². The number of carbonyl (C=O) groups excluding carboxylic acids is 1. The van der Waals surface area contributed by atoms with Gasteiger partial charge in [0, 0.05) is 39.1 Å². The Balaban J connectivity index is 0.000000454. The lowest BCUT2D eigenvalue weighted by Gasteiger charge is -2.32. The van der Waals surface area contributed by atoms with Crippen LogP contribution in [0.15, 0.2) is 18.2 Å². The van der Waals surface area contributed by atoms with Crippen LogP contribution < -0.4 is 4.74 Å². The fourth-order valence-corrected chi connectivity index (χ4v) is 4.69. The van der Waals surface area contributed by atoms with E-state index in [9.17, 15) is 23.1 Å². The van der Waals surface area contributed by atoms with E-state index in [1.165, 1.54) is 0 Å². The van der Waals surface area contributed by atoms with Gasteiger partial charge >= 0.3 is 12.1 Å². The monoisotopic (exact) mass is 518 g/mol. The molecule has 36 heavy (non-hydrogen) atoms. The van der Waals surface area contributed by atoms with E-state index in [2.05, 4.69) is 4.90 Å². The van der Waals surface area contributed by atoms with E-state index in [1.807, 2.05) is 24.0 Å². The molecule has 1 aromatic carbocycles. The van der Waals surface area contributed by atoms with Gasteiger partial charge in [-0.25, -0.2) is 4.79 Å². The number of carboxylic acid groups (broad SMARTS) is 1. The number of alkyl halides is 3. The number of rotatable bonds is 6. The minimum Gasteiger partial charge on any atom is -0.504 e. The van der Waals surface area contributed by atoms with Crippen LogP contribution in [0.3, 0.4) is 0 Å². The van der Waals surface area contributed by atoms with Crippen LogP contribution in [0.4, 0.5) is 13.2 Å². The van der Waals surface area contributed by atoms with E-state index < -0.39 is 12.1 Å². The average molecular weight is 519 g/mol. The third-order valence-corrected chi connectivity index (χ3v) is 6.34. The van der Waals surface area contributed by atoms with Crippen LogP contribution in [0, 0.1) is 0 Å². The van der Waals surface area contributed by atoms with Crippen molar-refractivity contribution < 1.29 is 47.2 Å². The molecule has 0 radical (unpaired) electrons. The Morgan fingerprint density at radius 3 is 2.69 bits per heavy atom. The first kappa shape index (κ1) is 28.0. The first-order valence-electron chi connectivity index (χ1n) is 12.0. The summed E-state index contributed by atoms with van der Waals surface area (Å²) in [6, 6.07) is 5.54. The summed E-state index contributed by atoms with van der Waals surface area (Å²) in [6.07, 6.45) is -1.43. The van der Waals surface area contributed by atoms with Crippen molar-refractivity contribution in [1.29, 1.82) is 0 Å². The number of hydrogen-bond acceptors (Lipinski definition) is 7. The minimum atomic E-state index is -5.08. The Kier molecular flexibility index (Phi) is 9.42. The zero-order valence-corrected chi connectivity index (χ0v) is 20.3. The van der Waals surface area contributed by atoms with Crippen molar-refractivity contribution >= 4 is 11.9 Å². The second-order valence-electron chi connectivity index (χ2n) is 9.21. The molecular weight excluding hydrogens is 485 g/mol. The highest BCUT2D eigenvalue weighted by molar-refractivity contribution is 5.78. The molecule has 3 saturated heterocycles. The van der Waals surface area contributed by atoms with E-state index in [4.69, 9.17) is 24.1 Å². The molecule has 2 unspecified atom stereocenters. The summed E-state index contributed by atoms with van der Waals surface area (Å²) in [5.41, 5.74) is 0.796. The van der Waals surface area contributed by atoms with Crippen LogP contribution >= 0.6 is 0 Å². The molecule has 2 atom stereocenters. The molecule has 4 rings (SSSR count). The van der Waals surface area contributed by atoms with Crippen molar-refractivity contribution in [2.45, 2.75) is 57.0 Å². The number of benzene rings is 1. The molecule has 9 nitrogen and oxygen atoms in total. The van der Waals surface area contributed by atoms with Crippen LogP contribution in [0.25, 0.3) is 0 Å². The maximum atomic E-state index is 11.9. The summed E-state index contributed by atoms with van der Waals surface area (Å²) in [6.45, 7) is 7.67. The van der Waals surface area contributed by atoms with Gasteiger partial charge < -0.3 is 29.3 Å². The standard InChI is InChI=1S/C22H32N2O5.C2HF3O2/c1-2-28-20-12-17(5-6-19(20)25)13-23-10-11-27-16-22(15-23)8-7-18(29-22)14-24-9-3-4-21(24)26;3-2(4,5)1(6)7/h5-6,12,18,25H,2-4,7-11,13-16H2,1H3;(H,6,7). The van der Waals surface area contributed by atoms with Crippen LogP contribution in [-0.2, 0) is 25.6 Å². The number of ether oxygens (including phenoxy) is 3. The Morgan fingerprint density at radius 1 is 1.31 bits per heavy atom. The highest BCUT2D eigenvalue weighted by Gasteiger charge is 2.44. The van der Waals surface area contributed by atoms with E-state index >= 15 is 0 Å². The van der Waals surface area contributed by atoms with Gasteiger partial charge in [-0.1, -0.05) is 6.07 Å². The lowest BCUT2D eigenvalue weighted by molar-refractivity contribution is -0.192. The number of carbonyl (C=O) groups is 2. The molecule has 0 saturated carbocycles. The number of phenolic OH excluding ortho intramolecular Hbond substituents is 1. The van der Waals surface area contributed by atoms with Crippen molar-refractivity contribution in [3.63, 3.8) is 0 Å². The highest BCUT2D eigenvalue weighted by Crippen LogP contribution is 2.35. The Labute approximate surface area is 207 Å². The van der Waals surface area contributed by atoms with Crippen molar-refractivity contribution in [3.05, 3.63) is 23.8 Å². The number of carboxylic acids is 1. The van der Waals surface area contributed by atoms with E-state index in [1.54, 1.807) is 6.07 Å². The molecule has 1 spiro atoms. The zero-order chi connectivity index (χ0) is 26.3.